The molecule has 1 aliphatic rings. The third-order valence-electron chi connectivity index (χ3n) is 2.04. The summed E-state index contributed by atoms with van der Waals surface area (Å²) in [4.78, 5) is 11.0. The van der Waals surface area contributed by atoms with Crippen LogP contribution in [-0.4, -0.2) is 9.72 Å². The van der Waals surface area contributed by atoms with Crippen LogP contribution in [-0.2, 0) is 13.0 Å². The maximum atomic E-state index is 11.0. The van der Waals surface area contributed by atoms with E-state index in [4.69, 9.17) is 0 Å². The summed E-state index contributed by atoms with van der Waals surface area (Å²) >= 11 is 0. The first-order valence-electron chi connectivity index (χ1n) is 3.93. The molecule has 0 aliphatic carbocycles. The maximum absolute atomic E-state index is 11.0. The van der Waals surface area contributed by atoms with Gasteiger partial charge in [-0.15, -0.1) is 0 Å². The van der Waals surface area contributed by atoms with Gasteiger partial charge in [0, 0.05) is 13.0 Å². The molecule has 0 bridgehead atoms. The lowest BCUT2D eigenvalue weighted by Gasteiger charge is -1.94. The van der Waals surface area contributed by atoms with E-state index in [1.807, 2.05) is 0 Å². The molecular weight excluding hydrogens is 144 g/mol. The Kier molecular flexibility index (Phi) is 1.52. The molecule has 1 aromatic rings. The van der Waals surface area contributed by atoms with Crippen molar-refractivity contribution in [2.75, 3.05) is 0 Å². The Labute approximate surface area is 63.8 Å². The Bertz CT molecular complexity index is 300. The summed E-state index contributed by atoms with van der Waals surface area (Å²) < 4.78 is 6.16. The van der Waals surface area contributed by atoms with Crippen molar-refractivity contribution in [2.45, 2.75) is 32.2 Å². The first-order valence-corrected chi connectivity index (χ1v) is 3.93. The number of aryl methyl sites for hydroxylation is 1. The van der Waals surface area contributed by atoms with Crippen LogP contribution in [0.15, 0.2) is 9.32 Å². The van der Waals surface area contributed by atoms with Gasteiger partial charge in [0.1, 0.15) is 0 Å². The molecule has 0 spiro atoms. The Hall–Kier alpha value is -1.06. The van der Waals surface area contributed by atoms with Crippen molar-refractivity contribution in [3.8, 4) is 0 Å². The normalized spacial score (nSPS) is 17.5. The van der Waals surface area contributed by atoms with E-state index in [-0.39, 0.29) is 5.76 Å². The molecular formula is C7H10N2O2. The van der Waals surface area contributed by atoms with Gasteiger partial charge in [-0.1, -0.05) is 11.6 Å². The minimum absolute atomic E-state index is 0.304. The van der Waals surface area contributed by atoms with E-state index >= 15 is 0 Å². The molecule has 4 heteroatoms. The molecule has 1 aromatic heterocycles. The number of nitrogens with zero attached hydrogens (tertiary/aromatic N) is 2. The van der Waals surface area contributed by atoms with Gasteiger partial charge in [0.05, 0.1) is 0 Å². The van der Waals surface area contributed by atoms with E-state index in [2.05, 4.69) is 9.68 Å². The molecule has 0 aromatic carbocycles. The van der Waals surface area contributed by atoms with Crippen LogP contribution in [0.4, 0.5) is 0 Å². The second kappa shape index (κ2) is 2.53. The van der Waals surface area contributed by atoms with Gasteiger partial charge >= 0.3 is 5.76 Å². The first-order chi connectivity index (χ1) is 5.38. The van der Waals surface area contributed by atoms with Crippen molar-refractivity contribution in [3.63, 3.8) is 0 Å². The van der Waals surface area contributed by atoms with Crippen LogP contribution in [0.1, 0.15) is 25.1 Å². The van der Waals surface area contributed by atoms with Crippen molar-refractivity contribution in [1.29, 1.82) is 0 Å². The maximum Gasteiger partial charge on any atom is 0.441 e. The van der Waals surface area contributed by atoms with E-state index in [1.54, 1.807) is 4.57 Å². The van der Waals surface area contributed by atoms with Crippen molar-refractivity contribution in [2.24, 2.45) is 0 Å². The Balaban J connectivity index is 2.43. The van der Waals surface area contributed by atoms with E-state index < -0.39 is 0 Å². The van der Waals surface area contributed by atoms with Gasteiger partial charge < -0.3 is 0 Å². The van der Waals surface area contributed by atoms with Crippen molar-refractivity contribution in [1.82, 2.24) is 9.72 Å². The molecule has 2 rings (SSSR count). The van der Waals surface area contributed by atoms with Gasteiger partial charge in [0.25, 0.3) is 0 Å². The molecule has 4 nitrogen and oxygen atoms in total. The molecule has 1 aliphatic heterocycles. The Morgan fingerprint density at radius 1 is 1.36 bits per heavy atom. The highest BCUT2D eigenvalue weighted by Gasteiger charge is 2.12. The lowest BCUT2D eigenvalue weighted by Crippen LogP contribution is -2.15. The molecule has 2 heterocycles. The van der Waals surface area contributed by atoms with Gasteiger partial charge in [-0.25, -0.2) is 4.79 Å². The highest BCUT2D eigenvalue weighted by Crippen LogP contribution is 2.09. The second-order valence-corrected chi connectivity index (χ2v) is 2.83. The molecule has 0 saturated heterocycles. The fourth-order valence-electron chi connectivity index (χ4n) is 1.43. The van der Waals surface area contributed by atoms with Crippen LogP contribution in [0, 0.1) is 0 Å². The number of rotatable bonds is 0. The smallest absolute Gasteiger partial charge is 0.296 e. The van der Waals surface area contributed by atoms with E-state index in [0.717, 1.165) is 31.6 Å². The molecule has 0 N–H and O–H groups in total. The zero-order chi connectivity index (χ0) is 7.68. The summed E-state index contributed by atoms with van der Waals surface area (Å²) in [5.41, 5.74) is 0. The van der Waals surface area contributed by atoms with Crippen molar-refractivity contribution < 1.29 is 4.52 Å². The summed E-state index contributed by atoms with van der Waals surface area (Å²) in [5.74, 6) is 0.509. The Morgan fingerprint density at radius 2 is 2.27 bits per heavy atom. The van der Waals surface area contributed by atoms with Gasteiger partial charge in [0.2, 0.25) is 0 Å². The minimum Gasteiger partial charge on any atom is -0.296 e. The van der Waals surface area contributed by atoms with Crippen LogP contribution in [0.25, 0.3) is 0 Å². The largest absolute Gasteiger partial charge is 0.441 e. The van der Waals surface area contributed by atoms with E-state index in [1.165, 1.54) is 6.42 Å². The summed E-state index contributed by atoms with van der Waals surface area (Å²) in [6, 6.07) is 0. The molecule has 0 atom stereocenters. The number of hydrogen-bond donors (Lipinski definition) is 0. The number of hydrogen-bond acceptors (Lipinski definition) is 3. The molecule has 0 radical (unpaired) electrons. The predicted molar refractivity (Wildman–Crippen MR) is 38.3 cm³/mol. The monoisotopic (exact) mass is 154 g/mol. The zero-order valence-electron chi connectivity index (χ0n) is 6.25. The molecule has 60 valence electrons. The fourth-order valence-corrected chi connectivity index (χ4v) is 1.43. The Morgan fingerprint density at radius 3 is 3.18 bits per heavy atom. The average molecular weight is 154 g/mol. The quantitative estimate of drug-likeness (QED) is 0.548. The highest BCUT2D eigenvalue weighted by molar-refractivity contribution is 4.85. The highest BCUT2D eigenvalue weighted by atomic mass is 16.5. The lowest BCUT2D eigenvalue weighted by molar-refractivity contribution is 0.369. The predicted octanol–water partition coefficient (Wildman–Crippen LogP) is 0.563. The summed E-state index contributed by atoms with van der Waals surface area (Å²) in [6.07, 6.45) is 4.24. The molecule has 0 fully saturated rings. The standard InChI is InChI=1S/C7H10N2O2/c10-7-9-5-3-1-2-4-6(9)8-11-7/h1-5H2. The number of aromatic nitrogens is 2. The van der Waals surface area contributed by atoms with Gasteiger partial charge in [0.15, 0.2) is 5.82 Å². The fraction of sp³-hybridized carbons (Fsp3) is 0.714. The molecule has 0 saturated carbocycles. The minimum atomic E-state index is -0.304. The van der Waals surface area contributed by atoms with Crippen molar-refractivity contribution in [3.05, 3.63) is 16.4 Å². The molecule has 0 amide bonds. The number of fused-ring (bicyclic) bond motifs is 1. The molecule has 0 unspecified atom stereocenters. The third kappa shape index (κ3) is 1.08. The molecule has 11 heavy (non-hydrogen) atoms. The van der Waals surface area contributed by atoms with Crippen molar-refractivity contribution >= 4 is 0 Å². The zero-order valence-corrected chi connectivity index (χ0v) is 6.25. The summed E-state index contributed by atoms with van der Waals surface area (Å²) in [6.45, 7) is 0.775. The average Bonchev–Trinajstić information content (AvgIpc) is 2.25. The van der Waals surface area contributed by atoms with Gasteiger partial charge in [-0.2, -0.15) is 0 Å². The SMILES string of the molecule is O=c1onc2n1CCCCC2. The van der Waals surface area contributed by atoms with Crippen LogP contribution >= 0.6 is 0 Å². The van der Waals surface area contributed by atoms with Crippen LogP contribution in [0.2, 0.25) is 0 Å². The second-order valence-electron chi connectivity index (χ2n) is 2.83. The van der Waals surface area contributed by atoms with Crippen LogP contribution in [0.3, 0.4) is 0 Å². The van der Waals surface area contributed by atoms with E-state index in [0.29, 0.717) is 0 Å². The van der Waals surface area contributed by atoms with Gasteiger partial charge in [-0.3, -0.25) is 9.09 Å². The van der Waals surface area contributed by atoms with E-state index in [9.17, 15) is 4.79 Å². The first kappa shape index (κ1) is 6.64. The topological polar surface area (TPSA) is 48.0 Å². The summed E-state index contributed by atoms with van der Waals surface area (Å²) in [5, 5.41) is 3.69. The summed E-state index contributed by atoms with van der Waals surface area (Å²) in [7, 11) is 0. The third-order valence-corrected chi connectivity index (χ3v) is 2.04. The lowest BCUT2D eigenvalue weighted by atomic mass is 10.2. The van der Waals surface area contributed by atoms with Crippen LogP contribution in [0.5, 0.6) is 0 Å². The van der Waals surface area contributed by atoms with Crippen LogP contribution < -0.4 is 5.76 Å². The van der Waals surface area contributed by atoms with Gasteiger partial charge in [-0.05, 0) is 12.8 Å².